The second kappa shape index (κ2) is 7.60. The molecule has 0 aliphatic carbocycles. The van der Waals surface area contributed by atoms with E-state index in [2.05, 4.69) is 22.4 Å². The van der Waals surface area contributed by atoms with Crippen LogP contribution in [0.5, 0.6) is 5.75 Å². The number of rotatable bonds is 4. The number of carbonyl (C=O) groups excluding carboxylic acids is 2. The Balaban J connectivity index is 1.63. The fourth-order valence-corrected chi connectivity index (χ4v) is 3.31. The van der Waals surface area contributed by atoms with Crippen LogP contribution in [0.25, 0.3) is 0 Å². The van der Waals surface area contributed by atoms with E-state index >= 15 is 0 Å². The first-order valence-electron chi connectivity index (χ1n) is 8.15. The van der Waals surface area contributed by atoms with Gasteiger partial charge in [-0.05, 0) is 43.0 Å². The van der Waals surface area contributed by atoms with Crippen LogP contribution >= 0.6 is 11.3 Å². The molecule has 1 aliphatic rings. The van der Waals surface area contributed by atoms with E-state index < -0.39 is 0 Å². The topological polar surface area (TPSA) is 84.4 Å². The van der Waals surface area contributed by atoms with Crippen LogP contribution in [0, 0.1) is 5.92 Å². The Morgan fingerprint density at radius 3 is 2.44 bits per heavy atom. The minimum Gasteiger partial charge on any atom is -0.497 e. The number of ether oxygens (including phenoxy) is 1. The Morgan fingerprint density at radius 2 is 1.80 bits per heavy atom. The highest BCUT2D eigenvalue weighted by atomic mass is 32.1. The predicted molar refractivity (Wildman–Crippen MR) is 95.2 cm³/mol. The van der Waals surface area contributed by atoms with Gasteiger partial charge in [0.15, 0.2) is 0 Å². The van der Waals surface area contributed by atoms with E-state index in [1.54, 1.807) is 36.3 Å². The second-order valence-corrected chi connectivity index (χ2v) is 7.05. The molecular weight excluding hydrogens is 340 g/mol. The maximum atomic E-state index is 12.5. The molecule has 25 heavy (non-hydrogen) atoms. The van der Waals surface area contributed by atoms with Gasteiger partial charge in [0.2, 0.25) is 10.0 Å². The van der Waals surface area contributed by atoms with Gasteiger partial charge in [-0.1, -0.05) is 18.3 Å². The zero-order chi connectivity index (χ0) is 17.8. The Morgan fingerprint density at radius 1 is 1.16 bits per heavy atom. The molecule has 1 aromatic heterocycles. The Labute approximate surface area is 150 Å². The molecule has 1 aromatic carbocycles. The number of aromatic nitrogens is 2. The maximum Gasteiger partial charge on any atom is 0.286 e. The third-order valence-electron chi connectivity index (χ3n) is 4.22. The van der Waals surface area contributed by atoms with Crippen molar-refractivity contribution in [2.45, 2.75) is 19.8 Å². The van der Waals surface area contributed by atoms with Crippen LogP contribution in [-0.2, 0) is 0 Å². The van der Waals surface area contributed by atoms with Crippen LogP contribution in [0.15, 0.2) is 24.3 Å². The van der Waals surface area contributed by atoms with Crippen LogP contribution in [0.4, 0.5) is 5.69 Å². The van der Waals surface area contributed by atoms with Gasteiger partial charge in [0, 0.05) is 18.8 Å². The zero-order valence-electron chi connectivity index (χ0n) is 14.2. The summed E-state index contributed by atoms with van der Waals surface area (Å²) in [6, 6.07) is 6.97. The first-order chi connectivity index (χ1) is 12.1. The van der Waals surface area contributed by atoms with Crippen LogP contribution in [-0.4, -0.2) is 47.1 Å². The Hall–Kier alpha value is -2.48. The van der Waals surface area contributed by atoms with Gasteiger partial charge in [-0.3, -0.25) is 9.59 Å². The van der Waals surface area contributed by atoms with Crippen molar-refractivity contribution in [2.75, 3.05) is 25.5 Å². The zero-order valence-corrected chi connectivity index (χ0v) is 15.0. The average molecular weight is 360 g/mol. The van der Waals surface area contributed by atoms with Gasteiger partial charge < -0.3 is 15.0 Å². The van der Waals surface area contributed by atoms with E-state index in [1.165, 1.54) is 0 Å². The van der Waals surface area contributed by atoms with Gasteiger partial charge in [-0.2, -0.15) is 0 Å². The maximum absolute atomic E-state index is 12.5. The molecule has 1 saturated heterocycles. The number of benzene rings is 1. The summed E-state index contributed by atoms with van der Waals surface area (Å²) >= 11 is 1.02. The second-order valence-electron chi connectivity index (χ2n) is 6.07. The molecule has 0 spiro atoms. The van der Waals surface area contributed by atoms with E-state index in [0.717, 1.165) is 37.3 Å². The smallest absolute Gasteiger partial charge is 0.286 e. The van der Waals surface area contributed by atoms with Crippen LogP contribution in [0.1, 0.15) is 39.4 Å². The lowest BCUT2D eigenvalue weighted by Gasteiger charge is -2.29. The van der Waals surface area contributed by atoms with Crippen LogP contribution in [0.2, 0.25) is 0 Å². The van der Waals surface area contributed by atoms with Gasteiger partial charge in [0.25, 0.3) is 11.8 Å². The standard InChI is InChI=1S/C17H20N4O3S/c1-11-7-9-21(10-8-11)17(23)16-20-19-15(25-16)14(22)18-12-3-5-13(24-2)6-4-12/h3-6,11H,7-10H2,1-2H3,(H,18,22). The lowest BCUT2D eigenvalue weighted by Crippen LogP contribution is -2.37. The number of likely N-dealkylation sites (tertiary alicyclic amines) is 1. The lowest BCUT2D eigenvalue weighted by atomic mass is 9.99. The molecule has 0 saturated carbocycles. The molecule has 3 rings (SSSR count). The third-order valence-corrected chi connectivity index (χ3v) is 5.13. The van der Waals surface area contributed by atoms with Gasteiger partial charge in [0.05, 0.1) is 7.11 Å². The summed E-state index contributed by atoms with van der Waals surface area (Å²) in [5.41, 5.74) is 0.624. The van der Waals surface area contributed by atoms with E-state index in [0.29, 0.717) is 17.4 Å². The molecule has 7 nitrogen and oxygen atoms in total. The SMILES string of the molecule is COc1ccc(NC(=O)c2nnc(C(=O)N3CCC(C)CC3)s2)cc1. The highest BCUT2D eigenvalue weighted by molar-refractivity contribution is 7.15. The van der Waals surface area contributed by atoms with Gasteiger partial charge in [-0.15, -0.1) is 10.2 Å². The van der Waals surface area contributed by atoms with Crippen LogP contribution < -0.4 is 10.1 Å². The molecule has 132 valence electrons. The monoisotopic (exact) mass is 360 g/mol. The highest BCUT2D eigenvalue weighted by Gasteiger charge is 2.25. The number of amides is 2. The molecule has 2 heterocycles. The predicted octanol–water partition coefficient (Wildman–Crippen LogP) is 2.67. The largest absolute Gasteiger partial charge is 0.497 e. The van der Waals surface area contributed by atoms with Crippen molar-refractivity contribution in [3.8, 4) is 5.75 Å². The van der Waals surface area contributed by atoms with Crippen molar-refractivity contribution in [3.05, 3.63) is 34.3 Å². The molecule has 2 amide bonds. The number of nitrogens with one attached hydrogen (secondary N) is 1. The van der Waals surface area contributed by atoms with E-state index in [4.69, 9.17) is 4.74 Å². The van der Waals surface area contributed by atoms with Crippen molar-refractivity contribution >= 4 is 28.8 Å². The Bertz CT molecular complexity index is 752. The molecule has 0 bridgehead atoms. The fourth-order valence-electron chi connectivity index (χ4n) is 2.61. The summed E-state index contributed by atoms with van der Waals surface area (Å²) in [4.78, 5) is 26.5. The number of piperidine rings is 1. The first-order valence-corrected chi connectivity index (χ1v) is 8.96. The molecule has 0 unspecified atom stereocenters. The summed E-state index contributed by atoms with van der Waals surface area (Å²) in [6.07, 6.45) is 1.99. The van der Waals surface area contributed by atoms with Gasteiger partial charge >= 0.3 is 0 Å². The summed E-state index contributed by atoms with van der Waals surface area (Å²) in [7, 11) is 1.58. The van der Waals surface area contributed by atoms with E-state index in [1.807, 2.05) is 0 Å². The summed E-state index contributed by atoms with van der Waals surface area (Å²) in [5, 5.41) is 10.9. The Kier molecular flexibility index (Phi) is 5.28. The number of anilines is 1. The summed E-state index contributed by atoms with van der Waals surface area (Å²) in [6.45, 7) is 3.65. The fraction of sp³-hybridized carbons (Fsp3) is 0.412. The average Bonchev–Trinajstić information content (AvgIpc) is 3.13. The van der Waals surface area contributed by atoms with Gasteiger partial charge in [-0.25, -0.2) is 0 Å². The number of carbonyl (C=O) groups is 2. The molecule has 2 aromatic rings. The molecule has 1 fully saturated rings. The molecule has 0 radical (unpaired) electrons. The highest BCUT2D eigenvalue weighted by Crippen LogP contribution is 2.21. The van der Waals surface area contributed by atoms with Crippen LogP contribution in [0.3, 0.4) is 0 Å². The van der Waals surface area contributed by atoms with E-state index in [9.17, 15) is 9.59 Å². The summed E-state index contributed by atoms with van der Waals surface area (Å²) in [5.74, 6) is 0.823. The molecule has 0 atom stereocenters. The number of nitrogens with zero attached hydrogens (tertiary/aromatic N) is 3. The van der Waals surface area contributed by atoms with E-state index in [-0.39, 0.29) is 21.8 Å². The van der Waals surface area contributed by atoms with Crippen molar-refractivity contribution < 1.29 is 14.3 Å². The molecule has 1 N–H and O–H groups in total. The van der Waals surface area contributed by atoms with Gasteiger partial charge in [0.1, 0.15) is 5.75 Å². The lowest BCUT2D eigenvalue weighted by molar-refractivity contribution is 0.0695. The molecule has 8 heteroatoms. The number of methoxy groups -OCH3 is 1. The minimum atomic E-state index is -0.381. The number of hydrogen-bond donors (Lipinski definition) is 1. The van der Waals surface area contributed by atoms with Crippen molar-refractivity contribution in [3.63, 3.8) is 0 Å². The quantitative estimate of drug-likeness (QED) is 0.906. The third kappa shape index (κ3) is 4.14. The molecular formula is C17H20N4O3S. The minimum absolute atomic E-state index is 0.145. The van der Waals surface area contributed by atoms with Crippen molar-refractivity contribution in [1.82, 2.24) is 15.1 Å². The van der Waals surface area contributed by atoms with Crippen molar-refractivity contribution in [2.24, 2.45) is 5.92 Å². The number of hydrogen-bond acceptors (Lipinski definition) is 6. The van der Waals surface area contributed by atoms with Crippen molar-refractivity contribution in [1.29, 1.82) is 0 Å². The summed E-state index contributed by atoms with van der Waals surface area (Å²) < 4.78 is 5.08. The normalized spacial score (nSPS) is 15.0. The first kappa shape index (κ1) is 17.3. The molecule has 1 aliphatic heterocycles.